The number of ether oxygens (including phenoxy) is 1. The first-order valence-corrected chi connectivity index (χ1v) is 7.05. The summed E-state index contributed by atoms with van der Waals surface area (Å²) in [6.07, 6.45) is 2.25. The van der Waals surface area contributed by atoms with Crippen LogP contribution in [0.25, 0.3) is 0 Å². The lowest BCUT2D eigenvalue weighted by Crippen LogP contribution is -2.24. The van der Waals surface area contributed by atoms with Crippen molar-refractivity contribution in [3.8, 4) is 0 Å². The quantitative estimate of drug-likeness (QED) is 0.710. The highest BCUT2D eigenvalue weighted by molar-refractivity contribution is 9.10. The number of alkyl halides is 1. The highest BCUT2D eigenvalue weighted by Crippen LogP contribution is 2.38. The van der Waals surface area contributed by atoms with Gasteiger partial charge in [-0.3, -0.25) is 0 Å². The van der Waals surface area contributed by atoms with Crippen molar-refractivity contribution in [2.24, 2.45) is 5.92 Å². The van der Waals surface area contributed by atoms with Crippen molar-refractivity contribution in [1.29, 1.82) is 0 Å². The van der Waals surface area contributed by atoms with Gasteiger partial charge >= 0.3 is 0 Å². The topological polar surface area (TPSA) is 9.23 Å². The van der Waals surface area contributed by atoms with Crippen molar-refractivity contribution in [2.75, 3.05) is 12.5 Å². The van der Waals surface area contributed by atoms with Crippen LogP contribution in [-0.2, 0) is 4.74 Å². The van der Waals surface area contributed by atoms with Crippen molar-refractivity contribution in [2.45, 2.75) is 18.9 Å². The van der Waals surface area contributed by atoms with Gasteiger partial charge in [0.25, 0.3) is 0 Å². The molecule has 1 heterocycles. The zero-order chi connectivity index (χ0) is 11.5. The van der Waals surface area contributed by atoms with E-state index in [0.29, 0.717) is 11.8 Å². The van der Waals surface area contributed by atoms with E-state index < -0.39 is 0 Å². The fourth-order valence-corrected chi connectivity index (χ4v) is 3.17. The summed E-state index contributed by atoms with van der Waals surface area (Å²) < 4.78 is 6.79. The van der Waals surface area contributed by atoms with E-state index in [0.717, 1.165) is 34.5 Å². The summed E-state index contributed by atoms with van der Waals surface area (Å²) in [6.45, 7) is 0.796. The van der Waals surface area contributed by atoms with Gasteiger partial charge in [0.15, 0.2) is 0 Å². The Morgan fingerprint density at radius 3 is 2.94 bits per heavy atom. The minimum Gasteiger partial charge on any atom is -0.373 e. The predicted octanol–water partition coefficient (Wildman–Crippen LogP) is 4.81. The first-order chi connectivity index (χ1) is 7.72. The second-order valence-corrected chi connectivity index (χ2v) is 5.65. The van der Waals surface area contributed by atoms with E-state index in [4.69, 9.17) is 27.9 Å². The van der Waals surface area contributed by atoms with Crippen LogP contribution in [0.2, 0.25) is 5.02 Å². The molecule has 88 valence electrons. The van der Waals surface area contributed by atoms with E-state index in [1.54, 1.807) is 0 Å². The highest BCUT2D eigenvalue weighted by atomic mass is 79.9. The molecular formula is C12H13BrCl2O. The average molecular weight is 324 g/mol. The highest BCUT2D eigenvalue weighted by Gasteiger charge is 2.28. The second-order valence-electron chi connectivity index (χ2n) is 4.01. The molecule has 2 atom stereocenters. The summed E-state index contributed by atoms with van der Waals surface area (Å²) in [4.78, 5) is 0. The third kappa shape index (κ3) is 2.73. The van der Waals surface area contributed by atoms with Crippen molar-refractivity contribution in [3.05, 3.63) is 33.3 Å². The van der Waals surface area contributed by atoms with Crippen LogP contribution in [0.15, 0.2) is 22.7 Å². The molecular weight excluding hydrogens is 311 g/mol. The molecule has 0 aromatic heterocycles. The first-order valence-electron chi connectivity index (χ1n) is 5.35. The maximum Gasteiger partial charge on any atom is 0.0878 e. The average Bonchev–Trinajstić information content (AvgIpc) is 2.29. The van der Waals surface area contributed by atoms with Gasteiger partial charge in [0.2, 0.25) is 0 Å². The van der Waals surface area contributed by atoms with E-state index >= 15 is 0 Å². The molecule has 0 spiro atoms. The van der Waals surface area contributed by atoms with Gasteiger partial charge in [-0.1, -0.05) is 33.6 Å². The zero-order valence-electron chi connectivity index (χ0n) is 8.76. The fraction of sp³-hybridized carbons (Fsp3) is 0.500. The molecule has 2 rings (SSSR count). The molecule has 1 fully saturated rings. The lowest BCUT2D eigenvalue weighted by molar-refractivity contribution is -0.0207. The monoisotopic (exact) mass is 322 g/mol. The Hall–Kier alpha value is 0.240. The SMILES string of the molecule is ClCC1CCCOC1c1ccc(Br)cc1Cl. The summed E-state index contributed by atoms with van der Waals surface area (Å²) in [5.41, 5.74) is 1.05. The molecule has 0 radical (unpaired) electrons. The Kier molecular flexibility index (Phi) is 4.54. The molecule has 16 heavy (non-hydrogen) atoms. The Morgan fingerprint density at radius 1 is 1.44 bits per heavy atom. The van der Waals surface area contributed by atoms with Gasteiger partial charge in [-0.05, 0) is 30.5 Å². The van der Waals surface area contributed by atoms with Crippen LogP contribution in [0.4, 0.5) is 0 Å². The number of hydrogen-bond donors (Lipinski definition) is 0. The van der Waals surface area contributed by atoms with E-state index in [2.05, 4.69) is 15.9 Å². The van der Waals surface area contributed by atoms with Crippen molar-refractivity contribution >= 4 is 39.1 Å². The Bertz CT molecular complexity index is 370. The van der Waals surface area contributed by atoms with Crippen LogP contribution in [0.5, 0.6) is 0 Å². The van der Waals surface area contributed by atoms with Crippen molar-refractivity contribution < 1.29 is 4.74 Å². The minimum atomic E-state index is 0.0480. The lowest BCUT2D eigenvalue weighted by Gasteiger charge is -2.31. The van der Waals surface area contributed by atoms with E-state index in [1.807, 2.05) is 18.2 Å². The van der Waals surface area contributed by atoms with Gasteiger partial charge in [-0.25, -0.2) is 0 Å². The molecule has 1 aliphatic heterocycles. The standard InChI is InChI=1S/C12H13BrCl2O/c13-9-3-4-10(11(15)6-9)12-8(7-14)2-1-5-16-12/h3-4,6,8,12H,1-2,5,7H2. The molecule has 0 amide bonds. The maximum absolute atomic E-state index is 6.23. The number of benzene rings is 1. The van der Waals surface area contributed by atoms with E-state index in [1.165, 1.54) is 0 Å². The Balaban J connectivity index is 2.27. The third-order valence-electron chi connectivity index (χ3n) is 2.91. The summed E-state index contributed by atoms with van der Waals surface area (Å²) in [5, 5.41) is 0.747. The van der Waals surface area contributed by atoms with Crippen LogP contribution in [-0.4, -0.2) is 12.5 Å². The number of hydrogen-bond acceptors (Lipinski definition) is 1. The largest absolute Gasteiger partial charge is 0.373 e. The molecule has 2 unspecified atom stereocenters. The van der Waals surface area contributed by atoms with Gasteiger partial charge in [0, 0.05) is 27.9 Å². The van der Waals surface area contributed by atoms with Gasteiger partial charge in [-0.2, -0.15) is 0 Å². The minimum absolute atomic E-state index is 0.0480. The molecule has 1 aliphatic rings. The molecule has 0 saturated carbocycles. The molecule has 1 nitrogen and oxygen atoms in total. The van der Waals surface area contributed by atoms with Gasteiger partial charge < -0.3 is 4.74 Å². The second kappa shape index (κ2) is 5.72. The molecule has 1 saturated heterocycles. The molecule has 4 heteroatoms. The lowest BCUT2D eigenvalue weighted by atomic mass is 9.91. The van der Waals surface area contributed by atoms with Crippen molar-refractivity contribution in [3.63, 3.8) is 0 Å². The summed E-state index contributed by atoms with van der Waals surface area (Å²) in [7, 11) is 0. The van der Waals surface area contributed by atoms with Crippen LogP contribution >= 0.6 is 39.1 Å². The number of halogens is 3. The summed E-state index contributed by atoms with van der Waals surface area (Å²) in [5.74, 6) is 0.992. The van der Waals surface area contributed by atoms with Crippen molar-refractivity contribution in [1.82, 2.24) is 0 Å². The number of rotatable bonds is 2. The van der Waals surface area contributed by atoms with Crippen LogP contribution < -0.4 is 0 Å². The summed E-state index contributed by atoms with van der Waals surface area (Å²) >= 11 is 15.6. The van der Waals surface area contributed by atoms with Crippen LogP contribution in [0, 0.1) is 5.92 Å². The van der Waals surface area contributed by atoms with Gasteiger partial charge in [0.05, 0.1) is 6.10 Å². The maximum atomic E-state index is 6.23. The predicted molar refractivity (Wildman–Crippen MR) is 71.3 cm³/mol. The first kappa shape index (κ1) is 12.7. The normalized spacial score (nSPS) is 25.7. The third-order valence-corrected chi connectivity index (χ3v) is 4.13. The van der Waals surface area contributed by atoms with E-state index in [-0.39, 0.29) is 6.10 Å². The smallest absolute Gasteiger partial charge is 0.0878 e. The molecule has 0 bridgehead atoms. The van der Waals surface area contributed by atoms with E-state index in [9.17, 15) is 0 Å². The van der Waals surface area contributed by atoms with Gasteiger partial charge in [0.1, 0.15) is 0 Å². The van der Waals surface area contributed by atoms with Crippen LogP contribution in [0.1, 0.15) is 24.5 Å². The van der Waals surface area contributed by atoms with Gasteiger partial charge in [-0.15, -0.1) is 11.6 Å². The summed E-state index contributed by atoms with van der Waals surface area (Å²) in [6, 6.07) is 5.91. The fourth-order valence-electron chi connectivity index (χ4n) is 2.08. The van der Waals surface area contributed by atoms with Crippen LogP contribution in [0.3, 0.4) is 0 Å². The molecule has 0 N–H and O–H groups in total. The Morgan fingerprint density at radius 2 is 2.25 bits per heavy atom. The molecule has 1 aromatic carbocycles. The zero-order valence-corrected chi connectivity index (χ0v) is 11.9. The Labute approximate surface area is 114 Å². The molecule has 1 aromatic rings. The molecule has 0 aliphatic carbocycles.